The van der Waals surface area contributed by atoms with E-state index in [0.29, 0.717) is 26.4 Å². The molecule has 0 aromatic heterocycles. The first-order chi connectivity index (χ1) is 22.8. The minimum Gasteiger partial charge on any atom is -0.492 e. The zero-order valence-electron chi connectivity index (χ0n) is 25.2. The first-order valence-corrected chi connectivity index (χ1v) is 18.4. The monoisotopic (exact) mass is 646 g/mol. The van der Waals surface area contributed by atoms with Gasteiger partial charge in [-0.1, -0.05) is 54.6 Å². The molecule has 0 fully saturated rings. The van der Waals surface area contributed by atoms with Crippen LogP contribution in [0.1, 0.15) is 22.3 Å². The lowest BCUT2D eigenvalue weighted by molar-refractivity contribution is 0.358. The summed E-state index contributed by atoms with van der Waals surface area (Å²) in [6.45, 7) is 2.74. The van der Waals surface area contributed by atoms with Gasteiger partial charge in [-0.2, -0.15) is 0 Å². The largest absolute Gasteiger partial charge is 0.492 e. The van der Waals surface area contributed by atoms with Crippen LogP contribution in [-0.4, -0.2) is 26.4 Å². The van der Waals surface area contributed by atoms with Gasteiger partial charge in [-0.3, -0.25) is 0 Å². The normalized spacial score (nSPS) is 15.3. The van der Waals surface area contributed by atoms with Gasteiger partial charge in [0.25, 0.3) is 0 Å². The summed E-state index contributed by atoms with van der Waals surface area (Å²) in [6.07, 6.45) is 3.62. The Bertz CT molecular complexity index is 1710. The van der Waals surface area contributed by atoms with Crippen molar-refractivity contribution in [2.75, 3.05) is 26.4 Å². The van der Waals surface area contributed by atoms with Crippen molar-refractivity contribution in [3.05, 3.63) is 119 Å². The first-order valence-electron chi connectivity index (χ1n) is 15.9. The summed E-state index contributed by atoms with van der Waals surface area (Å²) in [6, 6.07) is 33.6. The van der Waals surface area contributed by atoms with E-state index in [0.717, 1.165) is 81.4 Å². The highest BCUT2D eigenvalue weighted by Gasteiger charge is 2.33. The average molecular weight is 647 g/mol. The lowest BCUT2D eigenvalue weighted by Gasteiger charge is -2.24. The molecule has 8 heteroatoms. The molecule has 46 heavy (non-hydrogen) atoms. The number of rotatable bonds is 8. The molecule has 230 valence electrons. The molecule has 5 aromatic rings. The van der Waals surface area contributed by atoms with Crippen LogP contribution < -0.4 is 49.2 Å². The summed E-state index contributed by atoms with van der Waals surface area (Å²) >= 11 is 0. The van der Waals surface area contributed by atoms with E-state index in [9.17, 15) is 0 Å². The zero-order chi connectivity index (χ0) is 30.5. The van der Waals surface area contributed by atoms with Crippen LogP contribution in [0, 0.1) is 0 Å². The molecule has 0 N–H and O–H groups in total. The number of hydrogen-bond acceptors (Lipinski definition) is 6. The van der Waals surface area contributed by atoms with Crippen molar-refractivity contribution in [1.29, 1.82) is 0 Å². The molecule has 4 heterocycles. The lowest BCUT2D eigenvalue weighted by atomic mass is 10.2. The molecule has 0 aliphatic carbocycles. The average Bonchev–Trinajstić information content (AvgIpc) is 3.92. The van der Waals surface area contributed by atoms with Crippen molar-refractivity contribution < 1.29 is 28.0 Å². The molecule has 0 bridgehead atoms. The molecule has 6 nitrogen and oxygen atoms in total. The summed E-state index contributed by atoms with van der Waals surface area (Å²) in [7, 11) is -2.60. The molecule has 0 amide bonds. The highest BCUT2D eigenvalue weighted by molar-refractivity contribution is 7.69. The Kier molecular flexibility index (Phi) is 7.21. The van der Waals surface area contributed by atoms with Crippen LogP contribution in [0.5, 0.6) is 34.5 Å². The van der Waals surface area contributed by atoms with Crippen molar-refractivity contribution in [3.63, 3.8) is 0 Å². The number of hydrogen-bond donors (Lipinski definition) is 0. The fraction of sp³-hybridized carbons (Fsp3) is 0.211. The zero-order valence-corrected chi connectivity index (χ0v) is 27.0. The van der Waals surface area contributed by atoms with Gasteiger partial charge in [-0.25, -0.2) is 0 Å². The van der Waals surface area contributed by atoms with E-state index in [4.69, 9.17) is 28.0 Å². The summed E-state index contributed by atoms with van der Waals surface area (Å²) in [4.78, 5) is 0. The van der Waals surface area contributed by atoms with E-state index >= 15 is 0 Å². The molecule has 5 aromatic carbocycles. The van der Waals surface area contributed by atoms with Gasteiger partial charge in [0.1, 0.15) is 34.5 Å². The predicted octanol–water partition coefficient (Wildman–Crippen LogP) is 6.28. The van der Waals surface area contributed by atoms with Gasteiger partial charge in [-0.15, -0.1) is 0 Å². The Morgan fingerprint density at radius 1 is 0.391 bits per heavy atom. The Balaban J connectivity index is 1.11. The summed E-state index contributed by atoms with van der Waals surface area (Å²) < 4.78 is 38.7. The maximum Gasteiger partial charge on any atom is 0.158 e. The van der Waals surface area contributed by atoms with Crippen molar-refractivity contribution in [2.45, 2.75) is 25.7 Å². The van der Waals surface area contributed by atoms with Crippen LogP contribution in [-0.2, 0) is 25.7 Å². The maximum absolute atomic E-state index is 7.00. The second kappa shape index (κ2) is 11.8. The van der Waals surface area contributed by atoms with E-state index < -0.39 is 16.3 Å². The smallest absolute Gasteiger partial charge is 0.158 e. The Labute approximate surface area is 270 Å². The van der Waals surface area contributed by atoms with Crippen molar-refractivity contribution >= 4 is 37.5 Å². The van der Waals surface area contributed by atoms with E-state index in [1.807, 2.05) is 24.3 Å². The number of ether oxygens (including phenoxy) is 4. The van der Waals surface area contributed by atoms with Gasteiger partial charge in [0.15, 0.2) is 16.3 Å². The lowest BCUT2D eigenvalue weighted by Crippen LogP contribution is -2.19. The molecule has 0 saturated heterocycles. The summed E-state index contributed by atoms with van der Waals surface area (Å²) in [5.41, 5.74) is 4.89. The quantitative estimate of drug-likeness (QED) is 0.185. The minimum absolute atomic E-state index is 0.686. The third kappa shape index (κ3) is 4.96. The van der Waals surface area contributed by atoms with Crippen LogP contribution in [0.2, 0.25) is 0 Å². The van der Waals surface area contributed by atoms with E-state index in [1.165, 1.54) is 22.3 Å². The molecule has 0 atom stereocenters. The van der Waals surface area contributed by atoms with Crippen LogP contribution in [0.4, 0.5) is 0 Å². The molecule has 0 radical (unpaired) electrons. The van der Waals surface area contributed by atoms with E-state index in [1.54, 1.807) is 0 Å². The minimum atomic E-state index is -1.30. The van der Waals surface area contributed by atoms with Crippen LogP contribution in [0.25, 0.3) is 0 Å². The highest BCUT2D eigenvalue weighted by Crippen LogP contribution is 2.48. The number of para-hydroxylation sites is 4. The highest BCUT2D eigenvalue weighted by atomic mass is 31.1. The molecular formula is C38H32O6P2. The molecular weight excluding hydrogens is 614 g/mol. The fourth-order valence-electron chi connectivity index (χ4n) is 6.69. The fourth-order valence-corrected chi connectivity index (χ4v) is 10.7. The molecule has 9 rings (SSSR count). The third-order valence-electron chi connectivity index (χ3n) is 8.85. The standard InChI is InChI=1S/C38H32O6P2/c1-6-25-16-20-39-35(25)31(12-1)45(32-13-2-7-26-17-21-40-36(26)32)43-29-10-5-11-30(24-29)44-46(33-14-3-8-27-18-22-41-37(27)33)34-15-4-9-28-19-23-42-38(28)34/h1-15,24H,16-23H2. The SMILES string of the molecule is c1cc(OP(c2cccc3c2OCC3)c2cccc3c2OCC3)cc(OP(c2cccc3c2OCC3)c2cccc3c2OCC3)c1. The van der Waals surface area contributed by atoms with Gasteiger partial charge in [0, 0.05) is 31.7 Å². The van der Waals surface area contributed by atoms with Crippen LogP contribution in [0.15, 0.2) is 97.1 Å². The Morgan fingerprint density at radius 3 is 1.02 bits per heavy atom. The molecule has 0 saturated carbocycles. The maximum atomic E-state index is 7.00. The first kappa shape index (κ1) is 28.0. The van der Waals surface area contributed by atoms with Gasteiger partial charge in [0.2, 0.25) is 0 Å². The van der Waals surface area contributed by atoms with Crippen LogP contribution >= 0.6 is 16.3 Å². The Morgan fingerprint density at radius 2 is 0.696 bits per heavy atom. The van der Waals surface area contributed by atoms with Gasteiger partial charge >= 0.3 is 0 Å². The van der Waals surface area contributed by atoms with Crippen molar-refractivity contribution in [2.24, 2.45) is 0 Å². The molecule has 4 aliphatic heterocycles. The van der Waals surface area contributed by atoms with Crippen molar-refractivity contribution in [1.82, 2.24) is 0 Å². The van der Waals surface area contributed by atoms with Crippen LogP contribution in [0.3, 0.4) is 0 Å². The second-order valence-corrected chi connectivity index (χ2v) is 15.2. The molecule has 4 aliphatic rings. The molecule has 0 unspecified atom stereocenters. The number of benzene rings is 5. The summed E-state index contributed by atoms with van der Waals surface area (Å²) in [5, 5.41) is 4.26. The van der Waals surface area contributed by atoms with E-state index in [-0.39, 0.29) is 0 Å². The second-order valence-electron chi connectivity index (χ2n) is 11.7. The summed E-state index contributed by atoms with van der Waals surface area (Å²) in [5.74, 6) is 5.22. The van der Waals surface area contributed by atoms with Gasteiger partial charge in [0.05, 0.1) is 47.6 Å². The van der Waals surface area contributed by atoms with Gasteiger partial charge in [-0.05, 0) is 58.7 Å². The predicted molar refractivity (Wildman–Crippen MR) is 183 cm³/mol. The third-order valence-corrected chi connectivity index (χ3v) is 12.8. The topological polar surface area (TPSA) is 55.4 Å². The van der Waals surface area contributed by atoms with Gasteiger partial charge < -0.3 is 28.0 Å². The molecule has 0 spiro atoms. The number of fused-ring (bicyclic) bond motifs is 4. The van der Waals surface area contributed by atoms with E-state index in [2.05, 4.69) is 72.8 Å². The Hall–Kier alpha value is -4.24. The van der Waals surface area contributed by atoms with Crippen molar-refractivity contribution in [3.8, 4) is 34.5 Å².